The lowest BCUT2D eigenvalue weighted by molar-refractivity contribution is -0.137. The van der Waals surface area contributed by atoms with E-state index >= 15 is 0 Å². The molecule has 1 unspecified atom stereocenters. The third-order valence-electron chi connectivity index (χ3n) is 4.30. The molecule has 2 aromatic rings. The number of carbonyl (C=O) groups is 2. The fraction of sp³-hybridized carbons (Fsp3) is 0.353. The van der Waals surface area contributed by atoms with Crippen molar-refractivity contribution >= 4 is 28.5 Å². The molecule has 0 aliphatic carbocycles. The number of urea groups is 1. The summed E-state index contributed by atoms with van der Waals surface area (Å²) in [4.78, 5) is 31.1. The van der Waals surface area contributed by atoms with Gasteiger partial charge in [-0.2, -0.15) is 13.2 Å². The maximum absolute atomic E-state index is 12.7. The van der Waals surface area contributed by atoms with E-state index in [1.165, 1.54) is 21.9 Å². The van der Waals surface area contributed by atoms with E-state index in [9.17, 15) is 22.8 Å². The maximum atomic E-state index is 12.7. The molecule has 1 saturated heterocycles. The summed E-state index contributed by atoms with van der Waals surface area (Å²) in [5, 5.41) is 9.45. The smallest absolute Gasteiger partial charge is 0.416 e. The molecule has 1 aliphatic rings. The van der Waals surface area contributed by atoms with Crippen LogP contribution in [-0.4, -0.2) is 39.6 Å². The van der Waals surface area contributed by atoms with Crippen LogP contribution >= 0.6 is 11.3 Å². The number of hydrogen-bond donors (Lipinski definition) is 1. The topological polar surface area (TPSA) is 73.7 Å². The molecule has 1 aromatic carbocycles. The number of thiazole rings is 1. The third-order valence-corrected chi connectivity index (χ3v) is 5.47. The summed E-state index contributed by atoms with van der Waals surface area (Å²) >= 11 is 0.926. The lowest BCUT2D eigenvalue weighted by Gasteiger charge is -2.20. The van der Waals surface area contributed by atoms with Gasteiger partial charge in [0.15, 0.2) is 5.13 Å². The van der Waals surface area contributed by atoms with Crippen molar-refractivity contribution in [2.75, 3.05) is 11.4 Å². The van der Waals surface area contributed by atoms with Crippen LogP contribution in [0.2, 0.25) is 0 Å². The number of nitrogens with zero attached hydrogens (tertiary/aromatic N) is 3. The lowest BCUT2D eigenvalue weighted by Crippen LogP contribution is -2.33. The van der Waals surface area contributed by atoms with Gasteiger partial charge < -0.3 is 10.0 Å². The average molecular weight is 399 g/mol. The van der Waals surface area contributed by atoms with Crippen molar-refractivity contribution in [2.24, 2.45) is 0 Å². The number of carboxylic acid groups (broad SMARTS) is 1. The number of hydrogen-bond acceptors (Lipinski definition) is 4. The molecular formula is C17H16F3N3O3S. The van der Waals surface area contributed by atoms with Gasteiger partial charge in [-0.15, -0.1) is 0 Å². The second kappa shape index (κ2) is 6.84. The predicted molar refractivity (Wildman–Crippen MR) is 93.0 cm³/mol. The molecule has 1 aromatic heterocycles. The monoisotopic (exact) mass is 399 g/mol. The summed E-state index contributed by atoms with van der Waals surface area (Å²) in [7, 11) is 0. The maximum Gasteiger partial charge on any atom is 0.416 e. The highest BCUT2D eigenvalue weighted by atomic mass is 32.1. The molecule has 1 N–H and O–H groups in total. The Morgan fingerprint density at radius 2 is 1.96 bits per heavy atom. The zero-order valence-electron chi connectivity index (χ0n) is 14.4. The number of rotatable bonds is 4. The highest BCUT2D eigenvalue weighted by Gasteiger charge is 2.37. The van der Waals surface area contributed by atoms with E-state index in [4.69, 9.17) is 5.11 Å². The lowest BCUT2D eigenvalue weighted by atomic mass is 10.1. The highest BCUT2D eigenvalue weighted by molar-refractivity contribution is 7.17. The standard InChI is InChI=1S/C17H16F3N3O3S/c1-9-7-23(15-21-10(2)13(27-15)14(24)25)16(26)22(9)8-11-3-5-12(6-4-11)17(18,19)20/h3-6,9H,7-8H2,1-2H3,(H,24,25). The minimum Gasteiger partial charge on any atom is -0.477 e. The van der Waals surface area contributed by atoms with Crippen LogP contribution in [0.3, 0.4) is 0 Å². The summed E-state index contributed by atoms with van der Waals surface area (Å²) in [5.74, 6) is -1.10. The van der Waals surface area contributed by atoms with Gasteiger partial charge in [-0.05, 0) is 31.5 Å². The van der Waals surface area contributed by atoms with Crippen molar-refractivity contribution in [3.63, 3.8) is 0 Å². The highest BCUT2D eigenvalue weighted by Crippen LogP contribution is 2.32. The minimum absolute atomic E-state index is 0.0756. The van der Waals surface area contributed by atoms with Crippen molar-refractivity contribution in [3.8, 4) is 0 Å². The largest absolute Gasteiger partial charge is 0.477 e. The summed E-state index contributed by atoms with van der Waals surface area (Å²) in [6, 6.07) is 4.12. The number of benzene rings is 1. The van der Waals surface area contributed by atoms with Crippen LogP contribution in [0, 0.1) is 6.92 Å². The van der Waals surface area contributed by atoms with Gasteiger partial charge in [0.1, 0.15) is 4.88 Å². The molecule has 1 aliphatic heterocycles. The van der Waals surface area contributed by atoms with Gasteiger partial charge >= 0.3 is 18.2 Å². The fourth-order valence-electron chi connectivity index (χ4n) is 2.86. The molecule has 0 radical (unpaired) electrons. The predicted octanol–water partition coefficient (Wildman–Crippen LogP) is 4.00. The Hall–Kier alpha value is -2.62. The molecule has 0 spiro atoms. The second-order valence-electron chi connectivity index (χ2n) is 6.28. The number of aromatic nitrogens is 1. The van der Waals surface area contributed by atoms with Crippen molar-refractivity contribution in [3.05, 3.63) is 46.0 Å². The van der Waals surface area contributed by atoms with Gasteiger partial charge in [-0.1, -0.05) is 23.5 Å². The van der Waals surface area contributed by atoms with Gasteiger partial charge in [0.25, 0.3) is 0 Å². The molecule has 1 fully saturated rings. The third kappa shape index (κ3) is 3.75. The van der Waals surface area contributed by atoms with Crippen LogP contribution in [0.25, 0.3) is 0 Å². The molecular weight excluding hydrogens is 383 g/mol. The molecule has 2 amide bonds. The zero-order valence-corrected chi connectivity index (χ0v) is 15.3. The number of carbonyl (C=O) groups excluding carboxylic acids is 1. The first-order valence-corrected chi connectivity index (χ1v) is 8.84. The molecule has 2 heterocycles. The molecule has 0 bridgehead atoms. The molecule has 3 rings (SSSR count). The molecule has 10 heteroatoms. The molecule has 1 atom stereocenters. The number of aryl methyl sites for hydroxylation is 1. The average Bonchev–Trinajstić information content (AvgIpc) is 3.09. The van der Waals surface area contributed by atoms with Crippen LogP contribution in [0.15, 0.2) is 24.3 Å². The first-order chi connectivity index (χ1) is 12.6. The first-order valence-electron chi connectivity index (χ1n) is 8.03. The van der Waals surface area contributed by atoms with Crippen molar-refractivity contribution in [1.82, 2.24) is 9.88 Å². The van der Waals surface area contributed by atoms with Crippen LogP contribution in [0.4, 0.5) is 23.1 Å². The van der Waals surface area contributed by atoms with E-state index in [0.29, 0.717) is 22.9 Å². The number of aromatic carboxylic acids is 1. The van der Waals surface area contributed by atoms with Crippen molar-refractivity contribution < 1.29 is 27.9 Å². The van der Waals surface area contributed by atoms with Gasteiger partial charge in [0, 0.05) is 12.6 Å². The van der Waals surface area contributed by atoms with Crippen LogP contribution in [0.5, 0.6) is 0 Å². The Morgan fingerprint density at radius 1 is 1.33 bits per heavy atom. The normalized spacial score (nSPS) is 17.7. The molecule has 6 nitrogen and oxygen atoms in total. The number of anilines is 1. The van der Waals surface area contributed by atoms with Crippen molar-refractivity contribution in [1.29, 1.82) is 0 Å². The Labute approximate surface area is 156 Å². The van der Waals surface area contributed by atoms with Crippen LogP contribution < -0.4 is 4.90 Å². The summed E-state index contributed by atoms with van der Waals surface area (Å²) in [5.41, 5.74) is 0.170. The van der Waals surface area contributed by atoms with Crippen LogP contribution in [0.1, 0.15) is 33.4 Å². The van der Waals surface area contributed by atoms with E-state index in [-0.39, 0.29) is 23.5 Å². The zero-order chi connectivity index (χ0) is 19.9. The number of carboxylic acids is 1. The number of amides is 2. The van der Waals surface area contributed by atoms with Gasteiger partial charge in [0.2, 0.25) is 0 Å². The summed E-state index contributed by atoms with van der Waals surface area (Å²) < 4.78 is 38.0. The summed E-state index contributed by atoms with van der Waals surface area (Å²) in [6.07, 6.45) is -4.41. The van der Waals surface area contributed by atoms with Crippen LogP contribution in [-0.2, 0) is 12.7 Å². The minimum atomic E-state index is -4.41. The van der Waals surface area contributed by atoms with E-state index < -0.39 is 17.7 Å². The number of alkyl halides is 3. The van der Waals surface area contributed by atoms with E-state index in [2.05, 4.69) is 4.98 Å². The molecule has 27 heavy (non-hydrogen) atoms. The summed E-state index contributed by atoms with van der Waals surface area (Å²) in [6.45, 7) is 3.87. The van der Waals surface area contributed by atoms with Crippen molar-refractivity contribution in [2.45, 2.75) is 32.6 Å². The van der Waals surface area contributed by atoms with E-state index in [0.717, 1.165) is 23.5 Å². The van der Waals surface area contributed by atoms with E-state index in [1.54, 1.807) is 6.92 Å². The van der Waals surface area contributed by atoms with Gasteiger partial charge in [-0.25, -0.2) is 14.6 Å². The Kier molecular flexibility index (Phi) is 4.85. The quantitative estimate of drug-likeness (QED) is 0.844. The second-order valence-corrected chi connectivity index (χ2v) is 7.26. The Bertz CT molecular complexity index is 880. The molecule has 0 saturated carbocycles. The van der Waals surface area contributed by atoms with E-state index in [1.807, 2.05) is 6.92 Å². The molecule has 144 valence electrons. The van der Waals surface area contributed by atoms with Gasteiger partial charge in [0.05, 0.1) is 17.8 Å². The Morgan fingerprint density at radius 3 is 2.48 bits per heavy atom. The van der Waals surface area contributed by atoms with Gasteiger partial charge in [-0.3, -0.25) is 4.90 Å². The number of halogens is 3. The first kappa shape index (κ1) is 19.2. The Balaban J connectivity index is 1.77. The fourth-order valence-corrected chi connectivity index (χ4v) is 3.77. The SMILES string of the molecule is Cc1nc(N2CC(C)N(Cc3ccc(C(F)(F)F)cc3)C2=O)sc1C(=O)O.